The number of ether oxygens (including phenoxy) is 1. The summed E-state index contributed by atoms with van der Waals surface area (Å²) in [6.45, 7) is 8.92. The lowest BCUT2D eigenvalue weighted by atomic mass is 9.82. The van der Waals surface area contributed by atoms with E-state index in [0.717, 1.165) is 25.8 Å². The molecule has 1 amide bonds. The van der Waals surface area contributed by atoms with Gasteiger partial charge in [0.05, 0.1) is 5.60 Å². The predicted octanol–water partition coefficient (Wildman–Crippen LogP) is 2.40. The molecule has 0 aromatic heterocycles. The van der Waals surface area contributed by atoms with Gasteiger partial charge in [0.2, 0.25) is 0 Å². The summed E-state index contributed by atoms with van der Waals surface area (Å²) in [6.07, 6.45) is 2.67. The fourth-order valence-corrected chi connectivity index (χ4v) is 3.21. The van der Waals surface area contributed by atoms with Crippen LogP contribution in [-0.2, 0) is 4.74 Å². The van der Waals surface area contributed by atoms with Gasteiger partial charge in [0.1, 0.15) is 5.60 Å². The van der Waals surface area contributed by atoms with Crippen molar-refractivity contribution in [3.8, 4) is 0 Å². The van der Waals surface area contributed by atoms with Crippen LogP contribution in [0.5, 0.6) is 0 Å². The number of carbonyl (C=O) groups excluding carboxylic acids is 1. The Kier molecular flexibility index (Phi) is 3.34. The van der Waals surface area contributed by atoms with E-state index in [9.17, 15) is 9.90 Å². The molecule has 1 aliphatic carbocycles. The minimum atomic E-state index is -0.620. The summed E-state index contributed by atoms with van der Waals surface area (Å²) in [6, 6.07) is 0. The van der Waals surface area contributed by atoms with Gasteiger partial charge in [0.15, 0.2) is 0 Å². The predicted molar refractivity (Wildman–Crippen MR) is 69.3 cm³/mol. The maximum Gasteiger partial charge on any atom is 0.410 e. The monoisotopic (exact) mass is 255 g/mol. The quantitative estimate of drug-likeness (QED) is 0.723. The van der Waals surface area contributed by atoms with Gasteiger partial charge in [-0.2, -0.15) is 0 Å². The Morgan fingerprint density at radius 2 is 2.06 bits per heavy atom. The minimum absolute atomic E-state index is 0.207. The number of rotatable bonds is 0. The number of carbonyl (C=O) groups is 1. The third-order valence-corrected chi connectivity index (χ3v) is 4.23. The van der Waals surface area contributed by atoms with Gasteiger partial charge in [-0.05, 0) is 52.9 Å². The van der Waals surface area contributed by atoms with E-state index in [0.29, 0.717) is 12.5 Å². The number of hydrogen-bond acceptors (Lipinski definition) is 3. The molecule has 1 unspecified atom stereocenters. The molecule has 2 rings (SSSR count). The number of fused-ring (bicyclic) bond motifs is 1. The van der Waals surface area contributed by atoms with Crippen LogP contribution in [0.2, 0.25) is 0 Å². The molecule has 104 valence electrons. The highest BCUT2D eigenvalue weighted by atomic mass is 16.6. The van der Waals surface area contributed by atoms with Crippen LogP contribution in [0.15, 0.2) is 0 Å². The first kappa shape index (κ1) is 13.7. The molecule has 1 aliphatic heterocycles. The maximum absolute atomic E-state index is 12.0. The summed E-state index contributed by atoms with van der Waals surface area (Å²) in [5, 5.41) is 10.3. The van der Waals surface area contributed by atoms with E-state index in [-0.39, 0.29) is 12.0 Å². The second kappa shape index (κ2) is 4.41. The number of nitrogens with zero attached hydrogens (tertiary/aromatic N) is 1. The summed E-state index contributed by atoms with van der Waals surface area (Å²) in [4.78, 5) is 13.8. The molecule has 0 aromatic carbocycles. The summed E-state index contributed by atoms with van der Waals surface area (Å²) >= 11 is 0. The minimum Gasteiger partial charge on any atom is -0.444 e. The first-order valence-electron chi connectivity index (χ1n) is 6.89. The maximum atomic E-state index is 12.0. The van der Waals surface area contributed by atoms with Crippen LogP contribution in [-0.4, -0.2) is 40.4 Å². The lowest BCUT2D eigenvalue weighted by molar-refractivity contribution is -0.0314. The van der Waals surface area contributed by atoms with Gasteiger partial charge >= 0.3 is 6.09 Å². The van der Waals surface area contributed by atoms with Crippen molar-refractivity contribution >= 4 is 6.09 Å². The lowest BCUT2D eigenvalue weighted by Gasteiger charge is -2.39. The average Bonchev–Trinajstić information content (AvgIpc) is 2.52. The number of aliphatic hydroxyl groups is 1. The second-order valence-electron chi connectivity index (χ2n) is 6.98. The third kappa shape index (κ3) is 2.79. The summed E-state index contributed by atoms with van der Waals surface area (Å²) < 4.78 is 5.40. The van der Waals surface area contributed by atoms with Crippen LogP contribution in [0.25, 0.3) is 0 Å². The zero-order chi connectivity index (χ0) is 13.6. The average molecular weight is 255 g/mol. The molecule has 4 nitrogen and oxygen atoms in total. The first-order chi connectivity index (χ1) is 8.19. The normalized spacial score (nSPS) is 36.4. The van der Waals surface area contributed by atoms with Crippen molar-refractivity contribution in [3.05, 3.63) is 0 Å². The SMILES string of the molecule is CC(C)(C)OC(=O)N1CC[C@@H]2CCC(C)(O)[C@@H]2C1. The molecule has 0 spiro atoms. The highest BCUT2D eigenvalue weighted by Crippen LogP contribution is 2.44. The van der Waals surface area contributed by atoms with Gasteiger partial charge in [-0.1, -0.05) is 0 Å². The van der Waals surface area contributed by atoms with E-state index in [1.54, 1.807) is 4.90 Å². The molecule has 0 bridgehead atoms. The molecule has 1 N–H and O–H groups in total. The smallest absolute Gasteiger partial charge is 0.410 e. The molecular formula is C14H25NO3. The van der Waals surface area contributed by atoms with Gasteiger partial charge in [-0.25, -0.2) is 4.79 Å². The molecule has 2 fully saturated rings. The fraction of sp³-hybridized carbons (Fsp3) is 0.929. The highest BCUT2D eigenvalue weighted by Gasteiger charge is 2.47. The second-order valence-corrected chi connectivity index (χ2v) is 6.98. The highest BCUT2D eigenvalue weighted by molar-refractivity contribution is 5.68. The van der Waals surface area contributed by atoms with Crippen molar-refractivity contribution < 1.29 is 14.6 Å². The summed E-state index contributed by atoms with van der Waals surface area (Å²) in [5.41, 5.74) is -1.07. The Morgan fingerprint density at radius 1 is 1.39 bits per heavy atom. The van der Waals surface area contributed by atoms with Gasteiger partial charge in [0.25, 0.3) is 0 Å². The van der Waals surface area contributed by atoms with E-state index in [2.05, 4.69) is 0 Å². The van der Waals surface area contributed by atoms with Crippen molar-refractivity contribution in [1.29, 1.82) is 0 Å². The van der Waals surface area contributed by atoms with Crippen molar-refractivity contribution in [2.24, 2.45) is 11.8 Å². The van der Waals surface area contributed by atoms with E-state index in [4.69, 9.17) is 4.74 Å². The van der Waals surface area contributed by atoms with Crippen molar-refractivity contribution in [2.75, 3.05) is 13.1 Å². The van der Waals surface area contributed by atoms with Crippen LogP contribution >= 0.6 is 0 Å². The van der Waals surface area contributed by atoms with Crippen LogP contribution in [0.3, 0.4) is 0 Å². The van der Waals surface area contributed by atoms with Crippen molar-refractivity contribution in [2.45, 2.75) is 58.2 Å². The van der Waals surface area contributed by atoms with E-state index in [1.807, 2.05) is 27.7 Å². The van der Waals surface area contributed by atoms with Crippen LogP contribution < -0.4 is 0 Å². The molecule has 0 aromatic rings. The molecular weight excluding hydrogens is 230 g/mol. The molecule has 18 heavy (non-hydrogen) atoms. The Bertz CT molecular complexity index is 332. The largest absolute Gasteiger partial charge is 0.444 e. The fourth-order valence-electron chi connectivity index (χ4n) is 3.21. The Morgan fingerprint density at radius 3 is 2.67 bits per heavy atom. The molecule has 2 aliphatic rings. The van der Waals surface area contributed by atoms with Gasteiger partial charge in [-0.3, -0.25) is 0 Å². The molecule has 4 heteroatoms. The number of hydrogen-bond donors (Lipinski definition) is 1. The van der Waals surface area contributed by atoms with Crippen LogP contribution in [0.1, 0.15) is 47.0 Å². The van der Waals surface area contributed by atoms with Crippen LogP contribution in [0, 0.1) is 11.8 Å². The van der Waals surface area contributed by atoms with Gasteiger partial charge in [0, 0.05) is 19.0 Å². The zero-order valence-corrected chi connectivity index (χ0v) is 11.9. The Balaban J connectivity index is 1.99. The lowest BCUT2D eigenvalue weighted by Crippen LogP contribution is -2.49. The molecule has 1 saturated heterocycles. The van der Waals surface area contributed by atoms with E-state index >= 15 is 0 Å². The van der Waals surface area contributed by atoms with E-state index in [1.165, 1.54) is 0 Å². The molecule has 1 heterocycles. The van der Waals surface area contributed by atoms with Crippen molar-refractivity contribution in [1.82, 2.24) is 4.90 Å². The van der Waals surface area contributed by atoms with Crippen molar-refractivity contribution in [3.63, 3.8) is 0 Å². The van der Waals surface area contributed by atoms with Crippen LogP contribution in [0.4, 0.5) is 4.79 Å². The number of amides is 1. The molecule has 0 radical (unpaired) electrons. The first-order valence-corrected chi connectivity index (χ1v) is 6.89. The summed E-state index contributed by atoms with van der Waals surface area (Å²) in [5.74, 6) is 0.775. The topological polar surface area (TPSA) is 49.8 Å². The Hall–Kier alpha value is -0.770. The number of piperidine rings is 1. The standard InChI is InChI=1S/C14H25NO3/c1-13(2,3)18-12(16)15-8-6-10-5-7-14(4,17)11(10)9-15/h10-11,17H,5-9H2,1-4H3/t10-,11+,14?/m0/s1. The third-order valence-electron chi connectivity index (χ3n) is 4.23. The Labute approximate surface area is 109 Å². The molecule has 1 saturated carbocycles. The summed E-state index contributed by atoms with van der Waals surface area (Å²) in [7, 11) is 0. The number of likely N-dealkylation sites (tertiary alicyclic amines) is 1. The van der Waals surface area contributed by atoms with Gasteiger partial charge < -0.3 is 14.7 Å². The van der Waals surface area contributed by atoms with E-state index < -0.39 is 11.2 Å². The molecule has 3 atom stereocenters. The van der Waals surface area contributed by atoms with Gasteiger partial charge in [-0.15, -0.1) is 0 Å². The zero-order valence-electron chi connectivity index (χ0n) is 11.9.